The summed E-state index contributed by atoms with van der Waals surface area (Å²) in [6, 6.07) is 19.4. The molecule has 0 bridgehead atoms. The molecule has 4 rings (SSSR count). The molecule has 0 spiro atoms. The Labute approximate surface area is 157 Å². The predicted octanol–water partition coefficient (Wildman–Crippen LogP) is 5.10. The van der Waals surface area contributed by atoms with Crippen molar-refractivity contribution in [2.75, 3.05) is 7.11 Å². The minimum Gasteiger partial charge on any atom is -0.493 e. The van der Waals surface area contributed by atoms with E-state index in [0.29, 0.717) is 29.1 Å². The third-order valence-electron chi connectivity index (χ3n) is 4.71. The van der Waals surface area contributed by atoms with Crippen LogP contribution in [-0.2, 0) is 13.0 Å². The van der Waals surface area contributed by atoms with Gasteiger partial charge in [-0.1, -0.05) is 49.4 Å². The summed E-state index contributed by atoms with van der Waals surface area (Å²) in [4.78, 5) is 12.5. The molecule has 0 atom stereocenters. The summed E-state index contributed by atoms with van der Waals surface area (Å²) in [5.74, 6) is 1.15. The smallest absolute Gasteiger partial charge is 0.344 e. The summed E-state index contributed by atoms with van der Waals surface area (Å²) in [6.07, 6.45) is 0.864. The van der Waals surface area contributed by atoms with Crippen LogP contribution in [0.25, 0.3) is 21.7 Å². The maximum absolute atomic E-state index is 12.5. The van der Waals surface area contributed by atoms with E-state index in [0.717, 1.165) is 28.3 Å². The molecule has 0 amide bonds. The van der Waals surface area contributed by atoms with Crippen LogP contribution in [0.4, 0.5) is 0 Å². The van der Waals surface area contributed by atoms with Crippen molar-refractivity contribution < 1.29 is 13.9 Å². The molecule has 4 heteroatoms. The molecule has 0 aliphatic rings. The van der Waals surface area contributed by atoms with E-state index in [1.165, 1.54) is 0 Å². The number of methoxy groups -OCH3 is 1. The standard InChI is InChI=1S/C23H20O4/c1-3-15-9-10-17-18-12-21(25-2)22(26-14-16-7-5-4-6-8-16)13-20(18)27-23(24)19(17)11-15/h4-13H,3,14H2,1-2H3. The van der Waals surface area contributed by atoms with Crippen molar-refractivity contribution in [2.45, 2.75) is 20.0 Å². The average Bonchev–Trinajstić information content (AvgIpc) is 2.72. The molecule has 136 valence electrons. The number of fused-ring (bicyclic) bond motifs is 3. The highest BCUT2D eigenvalue weighted by atomic mass is 16.5. The second-order valence-electron chi connectivity index (χ2n) is 6.40. The third-order valence-corrected chi connectivity index (χ3v) is 4.71. The van der Waals surface area contributed by atoms with Crippen LogP contribution in [-0.4, -0.2) is 7.11 Å². The summed E-state index contributed by atoms with van der Waals surface area (Å²) in [6.45, 7) is 2.46. The van der Waals surface area contributed by atoms with E-state index in [2.05, 4.69) is 6.92 Å². The largest absolute Gasteiger partial charge is 0.493 e. The van der Waals surface area contributed by atoms with Crippen molar-refractivity contribution in [2.24, 2.45) is 0 Å². The topological polar surface area (TPSA) is 48.7 Å². The summed E-state index contributed by atoms with van der Waals surface area (Å²) < 4.78 is 17.0. The molecule has 0 unspecified atom stereocenters. The lowest BCUT2D eigenvalue weighted by Gasteiger charge is -2.13. The Kier molecular flexibility index (Phi) is 4.55. The van der Waals surface area contributed by atoms with Gasteiger partial charge in [0.25, 0.3) is 0 Å². The summed E-state index contributed by atoms with van der Waals surface area (Å²) in [7, 11) is 1.60. The third kappa shape index (κ3) is 3.26. The van der Waals surface area contributed by atoms with Crippen LogP contribution in [0.2, 0.25) is 0 Å². The fourth-order valence-electron chi connectivity index (χ4n) is 3.21. The number of hydrogen-bond donors (Lipinski definition) is 0. The Balaban J connectivity index is 1.82. The molecular weight excluding hydrogens is 340 g/mol. The number of ether oxygens (including phenoxy) is 2. The average molecular weight is 360 g/mol. The van der Waals surface area contributed by atoms with E-state index in [1.54, 1.807) is 13.2 Å². The Hall–Kier alpha value is -3.27. The molecule has 4 aromatic rings. The Morgan fingerprint density at radius 3 is 2.41 bits per heavy atom. The van der Waals surface area contributed by atoms with E-state index in [9.17, 15) is 4.79 Å². The minimum atomic E-state index is -0.341. The first-order chi connectivity index (χ1) is 13.2. The van der Waals surface area contributed by atoms with Crippen LogP contribution in [0, 0.1) is 0 Å². The van der Waals surface area contributed by atoms with Gasteiger partial charge < -0.3 is 13.9 Å². The van der Waals surface area contributed by atoms with Gasteiger partial charge in [-0.2, -0.15) is 0 Å². The Morgan fingerprint density at radius 1 is 0.852 bits per heavy atom. The SMILES string of the molecule is CCc1ccc2c(c1)c(=O)oc1cc(OCc3ccccc3)c(OC)cc12. The van der Waals surface area contributed by atoms with Gasteiger partial charge in [0.2, 0.25) is 0 Å². The van der Waals surface area contributed by atoms with Crippen LogP contribution in [0.3, 0.4) is 0 Å². The van der Waals surface area contributed by atoms with Crippen molar-refractivity contribution in [1.82, 2.24) is 0 Å². The fourth-order valence-corrected chi connectivity index (χ4v) is 3.21. The molecular formula is C23H20O4. The molecule has 0 saturated carbocycles. The zero-order chi connectivity index (χ0) is 18.8. The van der Waals surface area contributed by atoms with Gasteiger partial charge in [-0.15, -0.1) is 0 Å². The predicted molar refractivity (Wildman–Crippen MR) is 107 cm³/mol. The van der Waals surface area contributed by atoms with Crippen LogP contribution in [0.1, 0.15) is 18.1 Å². The first kappa shape index (κ1) is 17.2. The van der Waals surface area contributed by atoms with Gasteiger partial charge in [0, 0.05) is 16.8 Å². The highest BCUT2D eigenvalue weighted by Crippen LogP contribution is 2.35. The lowest BCUT2D eigenvalue weighted by atomic mass is 10.0. The highest BCUT2D eigenvalue weighted by molar-refractivity contribution is 6.05. The van der Waals surface area contributed by atoms with Gasteiger partial charge >= 0.3 is 5.63 Å². The zero-order valence-corrected chi connectivity index (χ0v) is 15.3. The lowest BCUT2D eigenvalue weighted by molar-refractivity contribution is 0.284. The maximum Gasteiger partial charge on any atom is 0.344 e. The molecule has 27 heavy (non-hydrogen) atoms. The maximum atomic E-state index is 12.5. The monoisotopic (exact) mass is 360 g/mol. The van der Waals surface area contributed by atoms with Gasteiger partial charge in [-0.05, 0) is 29.7 Å². The first-order valence-electron chi connectivity index (χ1n) is 8.94. The molecule has 0 radical (unpaired) electrons. The minimum absolute atomic E-state index is 0.341. The summed E-state index contributed by atoms with van der Waals surface area (Å²) in [5.41, 5.74) is 2.29. The van der Waals surface area contributed by atoms with E-state index in [1.807, 2.05) is 54.6 Å². The lowest BCUT2D eigenvalue weighted by Crippen LogP contribution is -2.02. The van der Waals surface area contributed by atoms with Gasteiger partial charge in [-0.3, -0.25) is 0 Å². The number of hydrogen-bond acceptors (Lipinski definition) is 4. The van der Waals surface area contributed by atoms with E-state index in [-0.39, 0.29) is 5.63 Å². The summed E-state index contributed by atoms with van der Waals surface area (Å²) in [5, 5.41) is 2.27. The van der Waals surface area contributed by atoms with E-state index < -0.39 is 0 Å². The molecule has 4 nitrogen and oxygen atoms in total. The van der Waals surface area contributed by atoms with Crippen molar-refractivity contribution in [1.29, 1.82) is 0 Å². The van der Waals surface area contributed by atoms with E-state index >= 15 is 0 Å². The van der Waals surface area contributed by atoms with Gasteiger partial charge in [0.15, 0.2) is 11.5 Å². The molecule has 1 aromatic heterocycles. The van der Waals surface area contributed by atoms with Crippen LogP contribution >= 0.6 is 0 Å². The normalized spacial score (nSPS) is 11.0. The molecule has 1 heterocycles. The van der Waals surface area contributed by atoms with Crippen LogP contribution in [0.5, 0.6) is 11.5 Å². The van der Waals surface area contributed by atoms with Crippen LogP contribution < -0.4 is 15.1 Å². The first-order valence-corrected chi connectivity index (χ1v) is 8.94. The van der Waals surface area contributed by atoms with Gasteiger partial charge in [0.1, 0.15) is 12.2 Å². The van der Waals surface area contributed by atoms with Crippen molar-refractivity contribution in [3.05, 3.63) is 82.2 Å². The van der Waals surface area contributed by atoms with E-state index in [4.69, 9.17) is 13.9 Å². The summed E-state index contributed by atoms with van der Waals surface area (Å²) >= 11 is 0. The number of rotatable bonds is 5. The second-order valence-corrected chi connectivity index (χ2v) is 6.40. The molecule has 0 saturated heterocycles. The molecule has 0 aliphatic heterocycles. The number of aryl methyl sites for hydroxylation is 1. The Bertz CT molecular complexity index is 1160. The van der Waals surface area contributed by atoms with Gasteiger partial charge in [0.05, 0.1) is 12.5 Å². The molecule has 3 aromatic carbocycles. The van der Waals surface area contributed by atoms with Crippen molar-refractivity contribution >= 4 is 21.7 Å². The highest BCUT2D eigenvalue weighted by Gasteiger charge is 2.14. The number of benzene rings is 3. The molecule has 0 fully saturated rings. The molecule has 0 N–H and O–H groups in total. The van der Waals surface area contributed by atoms with Crippen molar-refractivity contribution in [3.63, 3.8) is 0 Å². The molecule has 0 aliphatic carbocycles. The van der Waals surface area contributed by atoms with Crippen LogP contribution in [0.15, 0.2) is 69.9 Å². The Morgan fingerprint density at radius 2 is 1.67 bits per heavy atom. The van der Waals surface area contributed by atoms with Gasteiger partial charge in [-0.25, -0.2) is 4.79 Å². The van der Waals surface area contributed by atoms with Crippen molar-refractivity contribution in [3.8, 4) is 11.5 Å². The fraction of sp³-hybridized carbons (Fsp3) is 0.174. The second kappa shape index (κ2) is 7.16. The zero-order valence-electron chi connectivity index (χ0n) is 15.3. The quantitative estimate of drug-likeness (QED) is 0.367.